The van der Waals surface area contributed by atoms with Crippen LogP contribution in [0, 0.1) is 11.6 Å². The first-order valence-electron chi connectivity index (χ1n) is 6.94. The van der Waals surface area contributed by atoms with Crippen molar-refractivity contribution >= 4 is 21.6 Å². The van der Waals surface area contributed by atoms with Crippen molar-refractivity contribution in [3.8, 4) is 0 Å². The van der Waals surface area contributed by atoms with Gasteiger partial charge >= 0.3 is 0 Å². The molecule has 0 fully saturated rings. The molecule has 6 nitrogen and oxygen atoms in total. The van der Waals surface area contributed by atoms with Gasteiger partial charge in [-0.05, 0) is 31.2 Å². The molecule has 9 heteroatoms. The van der Waals surface area contributed by atoms with Crippen LogP contribution in [-0.2, 0) is 21.4 Å². The second kappa shape index (κ2) is 7.00. The van der Waals surface area contributed by atoms with Gasteiger partial charge in [0.1, 0.15) is 11.8 Å². The molecule has 0 bridgehead atoms. The third kappa shape index (κ3) is 4.10. The molecule has 0 aliphatic carbocycles. The normalized spacial score (nSPS) is 12.7. The van der Waals surface area contributed by atoms with Crippen molar-refractivity contribution in [1.29, 1.82) is 0 Å². The van der Waals surface area contributed by atoms with Gasteiger partial charge in [-0.3, -0.25) is 9.10 Å². The van der Waals surface area contributed by atoms with Gasteiger partial charge in [-0.2, -0.15) is 0 Å². The Morgan fingerprint density at radius 3 is 2.54 bits per heavy atom. The van der Waals surface area contributed by atoms with Crippen molar-refractivity contribution in [2.45, 2.75) is 19.5 Å². The second-order valence-corrected chi connectivity index (χ2v) is 6.99. The summed E-state index contributed by atoms with van der Waals surface area (Å²) in [7, 11) is -3.90. The number of sulfonamides is 1. The van der Waals surface area contributed by atoms with E-state index in [1.54, 1.807) is 12.1 Å². The number of hydrogen-bond acceptors (Lipinski definition) is 4. The third-order valence-corrected chi connectivity index (χ3v) is 4.50. The number of carbonyl (C=O) groups is 1. The van der Waals surface area contributed by atoms with E-state index in [0.717, 1.165) is 28.8 Å². The number of amides is 1. The van der Waals surface area contributed by atoms with Gasteiger partial charge in [0.05, 0.1) is 24.8 Å². The molecule has 2 rings (SSSR count). The number of furan rings is 1. The maximum absolute atomic E-state index is 13.4. The lowest BCUT2D eigenvalue weighted by Gasteiger charge is -2.28. The molecule has 130 valence electrons. The number of nitrogens with one attached hydrogen (secondary N) is 1. The molecule has 1 aromatic carbocycles. The van der Waals surface area contributed by atoms with Crippen molar-refractivity contribution in [3.63, 3.8) is 0 Å². The highest BCUT2D eigenvalue weighted by Crippen LogP contribution is 2.23. The minimum absolute atomic E-state index is 0.0750. The van der Waals surface area contributed by atoms with E-state index in [-0.39, 0.29) is 12.2 Å². The molecule has 0 radical (unpaired) electrons. The number of benzene rings is 1. The number of hydrogen-bond donors (Lipinski definition) is 1. The summed E-state index contributed by atoms with van der Waals surface area (Å²) in [5.41, 5.74) is -0.142. The monoisotopic (exact) mass is 358 g/mol. The summed E-state index contributed by atoms with van der Waals surface area (Å²) >= 11 is 0. The van der Waals surface area contributed by atoms with Gasteiger partial charge in [0, 0.05) is 6.07 Å². The molecule has 24 heavy (non-hydrogen) atoms. The van der Waals surface area contributed by atoms with Gasteiger partial charge in [0.25, 0.3) is 0 Å². The number of rotatable bonds is 6. The zero-order valence-electron chi connectivity index (χ0n) is 13.0. The average Bonchev–Trinajstić information content (AvgIpc) is 3.00. The molecule has 0 saturated carbocycles. The summed E-state index contributed by atoms with van der Waals surface area (Å²) in [6.07, 6.45) is 2.32. The van der Waals surface area contributed by atoms with Gasteiger partial charge in [-0.15, -0.1) is 0 Å². The first kappa shape index (κ1) is 17.9. The van der Waals surface area contributed by atoms with Gasteiger partial charge < -0.3 is 9.73 Å². The summed E-state index contributed by atoms with van der Waals surface area (Å²) in [6.45, 7) is 1.42. The Hall–Kier alpha value is -2.42. The van der Waals surface area contributed by atoms with Crippen LogP contribution in [0.25, 0.3) is 0 Å². The number of halogens is 2. The molecule has 2 aromatic rings. The predicted molar refractivity (Wildman–Crippen MR) is 83.7 cm³/mol. The van der Waals surface area contributed by atoms with E-state index >= 15 is 0 Å². The first-order valence-corrected chi connectivity index (χ1v) is 8.79. The van der Waals surface area contributed by atoms with Crippen molar-refractivity contribution in [3.05, 3.63) is 54.0 Å². The molecule has 1 atom stereocenters. The zero-order valence-corrected chi connectivity index (χ0v) is 13.8. The predicted octanol–water partition coefficient (Wildman–Crippen LogP) is 2.03. The molecule has 0 aliphatic rings. The Balaban J connectivity index is 2.23. The molecule has 1 heterocycles. The molecule has 0 saturated heterocycles. The van der Waals surface area contributed by atoms with E-state index < -0.39 is 33.6 Å². The molecule has 1 aromatic heterocycles. The van der Waals surface area contributed by atoms with Gasteiger partial charge in [-0.1, -0.05) is 0 Å². The molecular formula is C15H16F2N2O4S. The van der Waals surface area contributed by atoms with Crippen LogP contribution in [0.2, 0.25) is 0 Å². The minimum atomic E-state index is -3.90. The quantitative estimate of drug-likeness (QED) is 0.857. The average molecular weight is 358 g/mol. The van der Waals surface area contributed by atoms with E-state index in [0.29, 0.717) is 5.76 Å². The lowest BCUT2D eigenvalue weighted by molar-refractivity contribution is -0.122. The fourth-order valence-corrected chi connectivity index (χ4v) is 3.33. The Labute approximate surface area is 138 Å². The first-order chi connectivity index (χ1) is 11.2. The largest absolute Gasteiger partial charge is 0.467 e. The van der Waals surface area contributed by atoms with Crippen LogP contribution >= 0.6 is 0 Å². The fraction of sp³-hybridized carbons (Fsp3) is 0.267. The topological polar surface area (TPSA) is 79.6 Å². The second-order valence-electron chi connectivity index (χ2n) is 5.13. The zero-order chi connectivity index (χ0) is 17.9. The molecular weight excluding hydrogens is 342 g/mol. The molecule has 0 aliphatic heterocycles. The smallest absolute Gasteiger partial charge is 0.243 e. The summed E-state index contributed by atoms with van der Waals surface area (Å²) in [4.78, 5) is 12.2. The SMILES string of the molecule is C[C@@H](C(=O)NCc1ccco1)N(c1ccc(F)c(F)c1)S(C)(=O)=O. The highest BCUT2D eigenvalue weighted by atomic mass is 32.2. The highest BCUT2D eigenvalue weighted by Gasteiger charge is 2.29. The van der Waals surface area contributed by atoms with Crippen LogP contribution in [0.4, 0.5) is 14.5 Å². The number of nitrogens with zero attached hydrogens (tertiary/aromatic N) is 1. The van der Waals surface area contributed by atoms with E-state index in [4.69, 9.17) is 4.42 Å². The van der Waals surface area contributed by atoms with E-state index in [1.807, 2.05) is 0 Å². The van der Waals surface area contributed by atoms with Crippen molar-refractivity contribution in [1.82, 2.24) is 5.32 Å². The van der Waals surface area contributed by atoms with E-state index in [2.05, 4.69) is 5.32 Å². The lowest BCUT2D eigenvalue weighted by Crippen LogP contribution is -2.47. The van der Waals surface area contributed by atoms with E-state index in [9.17, 15) is 22.0 Å². The van der Waals surface area contributed by atoms with Crippen LogP contribution in [0.5, 0.6) is 0 Å². The fourth-order valence-electron chi connectivity index (χ4n) is 2.17. The summed E-state index contributed by atoms with van der Waals surface area (Å²) < 4.78 is 56.3. The van der Waals surface area contributed by atoms with Crippen LogP contribution in [0.1, 0.15) is 12.7 Å². The Bertz CT molecular complexity index is 822. The summed E-state index contributed by atoms with van der Waals surface area (Å²) in [5, 5.41) is 2.53. The van der Waals surface area contributed by atoms with Gasteiger partial charge in [0.2, 0.25) is 15.9 Å². The van der Waals surface area contributed by atoms with Crippen LogP contribution in [0.15, 0.2) is 41.0 Å². The maximum atomic E-state index is 13.4. The minimum Gasteiger partial charge on any atom is -0.467 e. The van der Waals surface area contributed by atoms with Crippen LogP contribution in [0.3, 0.4) is 0 Å². The van der Waals surface area contributed by atoms with Crippen molar-refractivity contribution in [2.75, 3.05) is 10.6 Å². The lowest BCUT2D eigenvalue weighted by atomic mass is 10.2. The number of carbonyl (C=O) groups excluding carboxylic acids is 1. The van der Waals surface area contributed by atoms with Gasteiger partial charge in [0.15, 0.2) is 11.6 Å². The standard InChI is InChI=1S/C15H16F2N2O4S/c1-10(15(20)18-9-12-4-3-7-23-12)19(24(2,21)22)11-5-6-13(16)14(17)8-11/h3-8,10H,9H2,1-2H3,(H,18,20)/t10-/m0/s1. The van der Waals surface area contributed by atoms with Crippen molar-refractivity contribution < 1.29 is 26.4 Å². The summed E-state index contributed by atoms with van der Waals surface area (Å²) in [5.74, 6) is -2.43. The van der Waals surface area contributed by atoms with Crippen LogP contribution in [-0.4, -0.2) is 26.6 Å². The van der Waals surface area contributed by atoms with Gasteiger partial charge in [-0.25, -0.2) is 17.2 Å². The molecule has 1 amide bonds. The van der Waals surface area contributed by atoms with E-state index in [1.165, 1.54) is 13.2 Å². The molecule has 1 N–H and O–H groups in total. The maximum Gasteiger partial charge on any atom is 0.243 e. The third-order valence-electron chi connectivity index (χ3n) is 3.26. The Morgan fingerprint density at radius 1 is 1.29 bits per heavy atom. The summed E-state index contributed by atoms with van der Waals surface area (Å²) in [6, 6.07) is 4.75. The molecule has 0 unspecified atom stereocenters. The van der Waals surface area contributed by atoms with Crippen molar-refractivity contribution in [2.24, 2.45) is 0 Å². The highest BCUT2D eigenvalue weighted by molar-refractivity contribution is 7.92. The Morgan fingerprint density at radius 2 is 2.00 bits per heavy atom. The number of anilines is 1. The van der Waals surface area contributed by atoms with Crippen LogP contribution < -0.4 is 9.62 Å². The Kier molecular flexibility index (Phi) is 5.23. The molecule has 0 spiro atoms.